The van der Waals surface area contributed by atoms with Crippen LogP contribution >= 0.6 is 22.6 Å². The number of esters is 1. The second-order valence-electron chi connectivity index (χ2n) is 4.17. The molecule has 0 fully saturated rings. The zero-order chi connectivity index (χ0) is 12.9. The van der Waals surface area contributed by atoms with Crippen LogP contribution in [0.25, 0.3) is 11.0 Å². The first-order valence-electron chi connectivity index (χ1n) is 5.43. The summed E-state index contributed by atoms with van der Waals surface area (Å²) < 4.78 is 8.84. The molecule has 3 rings (SSSR count). The van der Waals surface area contributed by atoms with Gasteiger partial charge in [0.25, 0.3) is 5.56 Å². The maximum absolute atomic E-state index is 11.7. The van der Waals surface area contributed by atoms with Gasteiger partial charge in [-0.25, -0.2) is 4.79 Å². The summed E-state index contributed by atoms with van der Waals surface area (Å²) in [5.74, 6) is -0.428. The molecular formula is C11H10IN3O3. The minimum atomic E-state index is -0.428. The van der Waals surface area contributed by atoms with Crippen molar-refractivity contribution in [2.75, 3.05) is 7.11 Å². The van der Waals surface area contributed by atoms with Crippen molar-refractivity contribution < 1.29 is 9.53 Å². The smallest absolute Gasteiger partial charge is 0.354 e. The van der Waals surface area contributed by atoms with Gasteiger partial charge in [-0.15, -0.1) is 0 Å². The number of ether oxygens (including phenoxy) is 1. The highest BCUT2D eigenvalue weighted by Crippen LogP contribution is 2.24. The standard InChI is InChI=1S/C11H10IN3O3/c1-18-11(17)8-2-7-9(16)13-5-14-3-6(12)4-15(8)10(7)14/h2,5-6H,3-4H2,1H3. The van der Waals surface area contributed by atoms with E-state index in [9.17, 15) is 9.59 Å². The van der Waals surface area contributed by atoms with E-state index < -0.39 is 5.97 Å². The average molecular weight is 359 g/mol. The van der Waals surface area contributed by atoms with Crippen molar-refractivity contribution in [1.82, 2.24) is 14.1 Å². The molecule has 0 amide bonds. The third kappa shape index (κ3) is 1.57. The van der Waals surface area contributed by atoms with Crippen LogP contribution in [0.2, 0.25) is 0 Å². The van der Waals surface area contributed by atoms with Crippen LogP contribution in [0.5, 0.6) is 0 Å². The normalized spacial score (nSPS) is 18.0. The second-order valence-corrected chi connectivity index (χ2v) is 5.93. The fourth-order valence-electron chi connectivity index (χ4n) is 2.31. The fourth-order valence-corrected chi connectivity index (χ4v) is 3.13. The fraction of sp³-hybridized carbons (Fsp3) is 0.364. The lowest BCUT2D eigenvalue weighted by Gasteiger charge is -2.23. The van der Waals surface area contributed by atoms with E-state index in [2.05, 4.69) is 27.6 Å². The number of alkyl halides is 1. The van der Waals surface area contributed by atoms with E-state index in [4.69, 9.17) is 4.74 Å². The summed E-state index contributed by atoms with van der Waals surface area (Å²) >= 11 is 2.32. The zero-order valence-electron chi connectivity index (χ0n) is 9.59. The summed E-state index contributed by atoms with van der Waals surface area (Å²) in [5.41, 5.74) is 0.855. The monoisotopic (exact) mass is 359 g/mol. The Balaban J connectivity index is 2.39. The molecule has 18 heavy (non-hydrogen) atoms. The number of hydrogen-bond acceptors (Lipinski definition) is 4. The van der Waals surface area contributed by atoms with Crippen molar-refractivity contribution >= 4 is 39.6 Å². The van der Waals surface area contributed by atoms with Gasteiger partial charge < -0.3 is 13.9 Å². The Morgan fingerprint density at radius 1 is 1.56 bits per heavy atom. The van der Waals surface area contributed by atoms with Gasteiger partial charge in [-0.2, -0.15) is 4.98 Å². The van der Waals surface area contributed by atoms with E-state index in [1.165, 1.54) is 13.4 Å². The van der Waals surface area contributed by atoms with E-state index >= 15 is 0 Å². The topological polar surface area (TPSA) is 66.1 Å². The molecule has 0 saturated heterocycles. The molecule has 1 unspecified atom stereocenters. The van der Waals surface area contributed by atoms with E-state index in [-0.39, 0.29) is 5.56 Å². The summed E-state index contributed by atoms with van der Waals surface area (Å²) in [5, 5.41) is 0.473. The van der Waals surface area contributed by atoms with E-state index in [0.29, 0.717) is 21.5 Å². The number of aromatic nitrogens is 3. The first-order chi connectivity index (χ1) is 8.61. The molecule has 94 valence electrons. The Hall–Kier alpha value is -1.38. The van der Waals surface area contributed by atoms with Crippen molar-refractivity contribution in [2.45, 2.75) is 17.0 Å². The van der Waals surface area contributed by atoms with Crippen LogP contribution in [-0.2, 0) is 17.8 Å². The molecule has 0 aromatic carbocycles. The molecule has 0 bridgehead atoms. The Bertz CT molecular complexity index is 703. The first kappa shape index (κ1) is 11.7. The lowest BCUT2D eigenvalue weighted by Crippen LogP contribution is -2.28. The van der Waals surface area contributed by atoms with Crippen molar-refractivity contribution in [2.24, 2.45) is 0 Å². The Labute approximate surface area is 116 Å². The summed E-state index contributed by atoms with van der Waals surface area (Å²) in [6, 6.07) is 1.57. The van der Waals surface area contributed by atoms with E-state index in [0.717, 1.165) is 12.2 Å². The molecule has 1 aliphatic heterocycles. The second kappa shape index (κ2) is 4.08. The summed E-state index contributed by atoms with van der Waals surface area (Å²) in [4.78, 5) is 27.3. The van der Waals surface area contributed by atoms with Gasteiger partial charge in [-0.1, -0.05) is 22.6 Å². The largest absolute Gasteiger partial charge is 0.464 e. The van der Waals surface area contributed by atoms with Crippen LogP contribution in [0.3, 0.4) is 0 Å². The van der Waals surface area contributed by atoms with Gasteiger partial charge >= 0.3 is 5.97 Å². The molecule has 1 atom stereocenters. The molecule has 0 N–H and O–H groups in total. The van der Waals surface area contributed by atoms with Gasteiger partial charge in [0.2, 0.25) is 0 Å². The Morgan fingerprint density at radius 2 is 2.33 bits per heavy atom. The summed E-state index contributed by atoms with van der Waals surface area (Å²) in [6.07, 6.45) is 1.53. The lowest BCUT2D eigenvalue weighted by molar-refractivity contribution is 0.0588. The van der Waals surface area contributed by atoms with Crippen LogP contribution in [0.15, 0.2) is 17.2 Å². The number of rotatable bonds is 1. The van der Waals surface area contributed by atoms with Crippen LogP contribution < -0.4 is 5.56 Å². The third-order valence-electron chi connectivity index (χ3n) is 3.06. The number of carbonyl (C=O) groups excluding carboxylic acids is 1. The maximum Gasteiger partial charge on any atom is 0.354 e. The molecule has 2 aromatic heterocycles. The molecule has 0 spiro atoms. The van der Waals surface area contributed by atoms with Crippen molar-refractivity contribution in [3.05, 3.63) is 28.4 Å². The van der Waals surface area contributed by atoms with Crippen molar-refractivity contribution in [1.29, 1.82) is 0 Å². The number of halogens is 1. The highest BCUT2D eigenvalue weighted by Gasteiger charge is 2.25. The molecule has 7 heteroatoms. The molecule has 3 heterocycles. The minimum absolute atomic E-state index is 0.308. The van der Waals surface area contributed by atoms with Gasteiger partial charge in [0, 0.05) is 17.0 Å². The van der Waals surface area contributed by atoms with Gasteiger partial charge in [-0.05, 0) is 6.07 Å². The molecule has 6 nitrogen and oxygen atoms in total. The molecule has 0 saturated carbocycles. The van der Waals surface area contributed by atoms with E-state index in [1.54, 1.807) is 6.07 Å². The summed E-state index contributed by atoms with van der Waals surface area (Å²) in [6.45, 7) is 1.48. The molecule has 2 aromatic rings. The summed E-state index contributed by atoms with van der Waals surface area (Å²) in [7, 11) is 1.34. The number of nitrogens with zero attached hydrogens (tertiary/aromatic N) is 3. The quantitative estimate of drug-likeness (QED) is 0.429. The zero-order valence-corrected chi connectivity index (χ0v) is 11.7. The van der Waals surface area contributed by atoms with Crippen LogP contribution in [0.1, 0.15) is 10.5 Å². The van der Waals surface area contributed by atoms with Crippen LogP contribution in [0.4, 0.5) is 0 Å². The molecule has 1 aliphatic rings. The van der Waals surface area contributed by atoms with Crippen LogP contribution in [0, 0.1) is 0 Å². The average Bonchev–Trinajstić information content (AvgIpc) is 2.73. The lowest BCUT2D eigenvalue weighted by atomic mass is 10.3. The molecular weight excluding hydrogens is 349 g/mol. The number of hydrogen-bond donors (Lipinski definition) is 0. The Morgan fingerprint density at radius 3 is 3.06 bits per heavy atom. The SMILES string of the molecule is COC(=O)c1cc2c(=O)ncn3c2n1CC(I)C3. The van der Waals surface area contributed by atoms with Gasteiger partial charge in [0.05, 0.1) is 12.5 Å². The van der Waals surface area contributed by atoms with Crippen molar-refractivity contribution in [3.63, 3.8) is 0 Å². The highest BCUT2D eigenvalue weighted by molar-refractivity contribution is 14.1. The molecule has 0 radical (unpaired) electrons. The predicted octanol–water partition coefficient (Wildman–Crippen LogP) is 0.802. The number of carbonyl (C=O) groups is 1. The maximum atomic E-state index is 11.7. The minimum Gasteiger partial charge on any atom is -0.464 e. The predicted molar refractivity (Wildman–Crippen MR) is 73.1 cm³/mol. The first-order valence-corrected chi connectivity index (χ1v) is 6.67. The highest BCUT2D eigenvalue weighted by atomic mass is 127. The Kier molecular flexibility index (Phi) is 2.65. The van der Waals surface area contributed by atoms with E-state index in [1.807, 2.05) is 9.13 Å². The van der Waals surface area contributed by atoms with Gasteiger partial charge in [-0.3, -0.25) is 4.79 Å². The number of methoxy groups -OCH3 is 1. The van der Waals surface area contributed by atoms with Crippen molar-refractivity contribution in [3.8, 4) is 0 Å². The molecule has 0 aliphatic carbocycles. The third-order valence-corrected chi connectivity index (χ3v) is 3.84. The van der Waals surface area contributed by atoms with Gasteiger partial charge in [0.15, 0.2) is 0 Å². The van der Waals surface area contributed by atoms with Gasteiger partial charge in [0.1, 0.15) is 17.7 Å². The van der Waals surface area contributed by atoms with Crippen LogP contribution in [-0.4, -0.2) is 31.1 Å².